The van der Waals surface area contributed by atoms with Gasteiger partial charge in [-0.1, -0.05) is 6.92 Å². The number of rotatable bonds is 3. The third-order valence-corrected chi connectivity index (χ3v) is 4.24. The molecule has 2 aliphatic heterocycles. The standard InChI is InChI=1S/C15H29N3O2.HI/c1-3-16-14(18-8-4-5-13(2)11-18)17-12-15(19)6-9-20-10-7-15;/h13,19H,3-12H2,1-2H3,(H,16,17);1H. The highest BCUT2D eigenvalue weighted by molar-refractivity contribution is 14.0. The van der Waals surface area contributed by atoms with Crippen LogP contribution < -0.4 is 5.32 Å². The van der Waals surface area contributed by atoms with Gasteiger partial charge in [0, 0.05) is 45.7 Å². The fraction of sp³-hybridized carbons (Fsp3) is 0.933. The highest BCUT2D eigenvalue weighted by Crippen LogP contribution is 2.21. The minimum absolute atomic E-state index is 0. The molecule has 0 bridgehead atoms. The maximum absolute atomic E-state index is 10.5. The number of piperidine rings is 1. The smallest absolute Gasteiger partial charge is 0.194 e. The summed E-state index contributed by atoms with van der Waals surface area (Å²) in [5.74, 6) is 1.68. The van der Waals surface area contributed by atoms with E-state index in [1.54, 1.807) is 0 Å². The number of halogens is 1. The Morgan fingerprint density at radius 2 is 2.14 bits per heavy atom. The summed E-state index contributed by atoms with van der Waals surface area (Å²) in [5, 5.41) is 13.9. The number of likely N-dealkylation sites (tertiary alicyclic amines) is 1. The fourth-order valence-electron chi connectivity index (χ4n) is 2.94. The third-order valence-electron chi connectivity index (χ3n) is 4.24. The Labute approximate surface area is 145 Å². The van der Waals surface area contributed by atoms with Crippen molar-refractivity contribution < 1.29 is 9.84 Å². The zero-order chi connectivity index (χ0) is 14.4. The van der Waals surface area contributed by atoms with Gasteiger partial charge in [-0.05, 0) is 25.7 Å². The van der Waals surface area contributed by atoms with E-state index in [4.69, 9.17) is 9.73 Å². The van der Waals surface area contributed by atoms with Crippen molar-refractivity contribution in [1.82, 2.24) is 10.2 Å². The lowest BCUT2D eigenvalue weighted by atomic mass is 9.95. The summed E-state index contributed by atoms with van der Waals surface area (Å²) in [6.45, 7) is 9.14. The van der Waals surface area contributed by atoms with Crippen LogP contribution in [0.5, 0.6) is 0 Å². The number of aliphatic hydroxyl groups is 1. The largest absolute Gasteiger partial charge is 0.388 e. The predicted octanol–water partition coefficient (Wildman–Crippen LogP) is 1.84. The Morgan fingerprint density at radius 1 is 1.43 bits per heavy atom. The zero-order valence-corrected chi connectivity index (χ0v) is 15.6. The summed E-state index contributed by atoms with van der Waals surface area (Å²) in [6, 6.07) is 0. The molecule has 1 unspecified atom stereocenters. The molecule has 2 aliphatic rings. The molecule has 0 aromatic rings. The minimum atomic E-state index is -0.680. The van der Waals surface area contributed by atoms with E-state index in [9.17, 15) is 5.11 Å². The Balaban J connectivity index is 0.00000220. The second kappa shape index (κ2) is 9.15. The molecule has 1 atom stereocenters. The number of aliphatic imine (C=N–C) groups is 1. The topological polar surface area (TPSA) is 57.1 Å². The summed E-state index contributed by atoms with van der Waals surface area (Å²) in [5.41, 5.74) is -0.680. The Bertz CT molecular complexity index is 333. The van der Waals surface area contributed by atoms with Crippen molar-refractivity contribution in [2.45, 2.75) is 45.1 Å². The van der Waals surface area contributed by atoms with Gasteiger partial charge in [0.2, 0.25) is 0 Å². The van der Waals surface area contributed by atoms with Crippen molar-refractivity contribution in [2.75, 3.05) is 39.4 Å². The zero-order valence-electron chi connectivity index (χ0n) is 13.3. The fourth-order valence-corrected chi connectivity index (χ4v) is 2.94. The lowest BCUT2D eigenvalue weighted by Crippen LogP contribution is -2.47. The van der Waals surface area contributed by atoms with Crippen LogP contribution in [0.3, 0.4) is 0 Å². The van der Waals surface area contributed by atoms with Crippen LogP contribution in [-0.4, -0.2) is 61.0 Å². The molecule has 6 heteroatoms. The van der Waals surface area contributed by atoms with Gasteiger partial charge in [0.05, 0.1) is 12.1 Å². The van der Waals surface area contributed by atoms with E-state index >= 15 is 0 Å². The molecule has 124 valence electrons. The SMILES string of the molecule is CCNC(=NCC1(O)CCOCC1)N1CCCC(C)C1.I. The molecule has 0 spiro atoms. The van der Waals surface area contributed by atoms with Crippen LogP contribution in [0.2, 0.25) is 0 Å². The van der Waals surface area contributed by atoms with Gasteiger partial charge in [0.1, 0.15) is 0 Å². The van der Waals surface area contributed by atoms with Crippen LogP contribution >= 0.6 is 24.0 Å². The number of ether oxygens (including phenoxy) is 1. The van der Waals surface area contributed by atoms with Gasteiger partial charge in [0.15, 0.2) is 5.96 Å². The van der Waals surface area contributed by atoms with Crippen LogP contribution in [0.4, 0.5) is 0 Å². The van der Waals surface area contributed by atoms with Gasteiger partial charge >= 0.3 is 0 Å². The van der Waals surface area contributed by atoms with E-state index < -0.39 is 5.60 Å². The molecular formula is C15H30IN3O2. The number of nitrogens with zero attached hydrogens (tertiary/aromatic N) is 2. The molecule has 21 heavy (non-hydrogen) atoms. The van der Waals surface area contributed by atoms with Gasteiger partial charge < -0.3 is 20.1 Å². The minimum Gasteiger partial charge on any atom is -0.388 e. The molecule has 2 heterocycles. The molecule has 0 aromatic carbocycles. The monoisotopic (exact) mass is 411 g/mol. The quantitative estimate of drug-likeness (QED) is 0.423. The van der Waals surface area contributed by atoms with Crippen molar-refractivity contribution in [3.63, 3.8) is 0 Å². The number of guanidine groups is 1. The maximum Gasteiger partial charge on any atom is 0.194 e. The Kier molecular flexibility index (Phi) is 8.26. The van der Waals surface area contributed by atoms with Crippen LogP contribution in [0, 0.1) is 5.92 Å². The van der Waals surface area contributed by atoms with Gasteiger partial charge in [-0.15, -0.1) is 24.0 Å². The molecule has 2 saturated heterocycles. The first-order chi connectivity index (χ1) is 9.63. The highest BCUT2D eigenvalue weighted by atomic mass is 127. The average Bonchev–Trinajstić information content (AvgIpc) is 2.44. The molecular weight excluding hydrogens is 381 g/mol. The summed E-state index contributed by atoms with van der Waals surface area (Å²) in [6.07, 6.45) is 3.90. The molecule has 2 rings (SSSR count). The van der Waals surface area contributed by atoms with E-state index in [2.05, 4.69) is 24.1 Å². The van der Waals surface area contributed by atoms with Gasteiger partial charge in [0.25, 0.3) is 0 Å². The van der Waals surface area contributed by atoms with Crippen LogP contribution in [0.15, 0.2) is 4.99 Å². The molecule has 2 N–H and O–H groups in total. The molecule has 0 amide bonds. The third kappa shape index (κ3) is 5.90. The second-order valence-electron chi connectivity index (χ2n) is 6.20. The van der Waals surface area contributed by atoms with E-state index in [0.29, 0.717) is 32.6 Å². The van der Waals surface area contributed by atoms with Crippen molar-refractivity contribution in [3.8, 4) is 0 Å². The number of nitrogens with one attached hydrogen (secondary N) is 1. The second-order valence-corrected chi connectivity index (χ2v) is 6.20. The van der Waals surface area contributed by atoms with Gasteiger partial charge in [-0.25, -0.2) is 0 Å². The van der Waals surface area contributed by atoms with Crippen LogP contribution in [-0.2, 0) is 4.74 Å². The maximum atomic E-state index is 10.5. The normalized spacial score (nSPS) is 26.1. The molecule has 0 saturated carbocycles. The van der Waals surface area contributed by atoms with E-state index in [0.717, 1.165) is 31.5 Å². The molecule has 5 nitrogen and oxygen atoms in total. The lowest BCUT2D eigenvalue weighted by Gasteiger charge is -2.35. The van der Waals surface area contributed by atoms with Crippen LogP contribution in [0.1, 0.15) is 39.5 Å². The van der Waals surface area contributed by atoms with Crippen molar-refractivity contribution in [3.05, 3.63) is 0 Å². The first kappa shape index (κ1) is 19.0. The predicted molar refractivity (Wildman–Crippen MR) is 96.4 cm³/mol. The van der Waals surface area contributed by atoms with E-state index in [-0.39, 0.29) is 24.0 Å². The number of hydrogen-bond donors (Lipinski definition) is 2. The molecule has 2 fully saturated rings. The highest BCUT2D eigenvalue weighted by Gasteiger charge is 2.30. The summed E-state index contributed by atoms with van der Waals surface area (Å²) >= 11 is 0. The summed E-state index contributed by atoms with van der Waals surface area (Å²) in [4.78, 5) is 7.03. The van der Waals surface area contributed by atoms with Crippen molar-refractivity contribution >= 4 is 29.9 Å². The number of hydrogen-bond acceptors (Lipinski definition) is 3. The lowest BCUT2D eigenvalue weighted by molar-refractivity contribution is -0.0567. The van der Waals surface area contributed by atoms with E-state index in [1.807, 2.05) is 0 Å². The average molecular weight is 411 g/mol. The Hall–Kier alpha value is -0.0800. The van der Waals surface area contributed by atoms with E-state index in [1.165, 1.54) is 12.8 Å². The first-order valence-electron chi connectivity index (χ1n) is 7.96. The Morgan fingerprint density at radius 3 is 2.76 bits per heavy atom. The van der Waals surface area contributed by atoms with Crippen molar-refractivity contribution in [2.24, 2.45) is 10.9 Å². The van der Waals surface area contributed by atoms with Gasteiger partial charge in [-0.2, -0.15) is 0 Å². The molecule has 0 aliphatic carbocycles. The first-order valence-corrected chi connectivity index (χ1v) is 7.96. The summed E-state index contributed by atoms with van der Waals surface area (Å²) in [7, 11) is 0. The molecule has 0 radical (unpaired) electrons. The summed E-state index contributed by atoms with van der Waals surface area (Å²) < 4.78 is 5.32. The van der Waals surface area contributed by atoms with Gasteiger partial charge in [-0.3, -0.25) is 4.99 Å². The molecule has 0 aromatic heterocycles. The van der Waals surface area contributed by atoms with Crippen molar-refractivity contribution in [1.29, 1.82) is 0 Å². The van der Waals surface area contributed by atoms with Crippen LogP contribution in [0.25, 0.3) is 0 Å².